The van der Waals surface area contributed by atoms with Crippen LogP contribution in [0.4, 0.5) is 0 Å². The van der Waals surface area contributed by atoms with E-state index in [9.17, 15) is 22.8 Å². The molecule has 2 amide bonds. The van der Waals surface area contributed by atoms with Gasteiger partial charge in [-0.1, -0.05) is 0 Å². The second-order valence-electron chi connectivity index (χ2n) is 6.97. The molecule has 3 rings (SSSR count). The molecule has 0 bridgehead atoms. The van der Waals surface area contributed by atoms with Crippen LogP contribution in [0.25, 0.3) is 0 Å². The van der Waals surface area contributed by atoms with Gasteiger partial charge in [-0.25, -0.2) is 8.42 Å². The molecule has 12 heteroatoms. The fraction of sp³-hybridized carbons (Fsp3) is 0.526. The van der Waals surface area contributed by atoms with Gasteiger partial charge >= 0.3 is 5.97 Å². The number of hydrogen-bond acceptors (Lipinski definition) is 8. The molecule has 0 aromatic heterocycles. The summed E-state index contributed by atoms with van der Waals surface area (Å²) in [6.45, 7) is 1.33. The molecule has 170 valence electrons. The van der Waals surface area contributed by atoms with Crippen molar-refractivity contribution < 1.29 is 37.0 Å². The molecular formula is C19H25N3O8S. The van der Waals surface area contributed by atoms with Gasteiger partial charge in [0.15, 0.2) is 0 Å². The first-order chi connectivity index (χ1) is 14.8. The summed E-state index contributed by atoms with van der Waals surface area (Å²) in [5.74, 6) is -1.57. The predicted molar refractivity (Wildman–Crippen MR) is 107 cm³/mol. The highest BCUT2D eigenvalue weighted by molar-refractivity contribution is 7.89. The summed E-state index contributed by atoms with van der Waals surface area (Å²) in [6, 6.07) is 3.03. The van der Waals surface area contributed by atoms with E-state index in [1.54, 1.807) is 0 Å². The van der Waals surface area contributed by atoms with Crippen molar-refractivity contribution in [1.29, 1.82) is 0 Å². The van der Waals surface area contributed by atoms with Crippen LogP contribution in [0.5, 0.6) is 5.75 Å². The number of ether oxygens (including phenoxy) is 3. The molecule has 31 heavy (non-hydrogen) atoms. The van der Waals surface area contributed by atoms with E-state index in [1.165, 1.54) is 41.6 Å². The van der Waals surface area contributed by atoms with Gasteiger partial charge < -0.3 is 24.4 Å². The first-order valence-electron chi connectivity index (χ1n) is 9.71. The van der Waals surface area contributed by atoms with Crippen molar-refractivity contribution in [3.05, 3.63) is 23.8 Å². The number of morpholine rings is 1. The molecule has 2 aliphatic rings. The highest BCUT2D eigenvalue weighted by Crippen LogP contribution is 2.29. The van der Waals surface area contributed by atoms with E-state index in [0.29, 0.717) is 0 Å². The summed E-state index contributed by atoms with van der Waals surface area (Å²) >= 11 is 0. The lowest BCUT2D eigenvalue weighted by atomic mass is 10.1. The van der Waals surface area contributed by atoms with Gasteiger partial charge in [0, 0.05) is 31.7 Å². The Balaban J connectivity index is 1.95. The largest absolute Gasteiger partial charge is 0.495 e. The molecule has 2 saturated heterocycles. The maximum Gasteiger partial charge on any atom is 0.308 e. The standard InChI is InChI=1S/C19H25N3O8S/c1-28-15-4-3-13(11-16(15)31(26,27)21-7-9-30-10-8-21)19(25)22-6-5-20-18(24)14(22)12-17(23)29-2/h3-4,11,14H,5-10,12H2,1-2H3,(H,20,24). The average molecular weight is 455 g/mol. The van der Waals surface area contributed by atoms with Crippen molar-refractivity contribution in [3.8, 4) is 5.75 Å². The Labute approximate surface area is 180 Å². The second-order valence-corrected chi connectivity index (χ2v) is 8.87. The van der Waals surface area contributed by atoms with Crippen LogP contribution in [0.2, 0.25) is 0 Å². The Morgan fingerprint density at radius 1 is 1.19 bits per heavy atom. The quantitative estimate of drug-likeness (QED) is 0.553. The van der Waals surface area contributed by atoms with Gasteiger partial charge in [0.25, 0.3) is 5.91 Å². The van der Waals surface area contributed by atoms with Crippen LogP contribution >= 0.6 is 0 Å². The number of nitrogens with one attached hydrogen (secondary N) is 1. The molecule has 0 radical (unpaired) electrons. The molecule has 1 atom stereocenters. The molecule has 2 heterocycles. The van der Waals surface area contributed by atoms with Crippen molar-refractivity contribution >= 4 is 27.8 Å². The number of nitrogens with zero attached hydrogens (tertiary/aromatic N) is 2. The number of hydrogen-bond donors (Lipinski definition) is 1. The maximum atomic E-state index is 13.2. The molecule has 1 unspecified atom stereocenters. The van der Waals surface area contributed by atoms with Gasteiger partial charge in [0.1, 0.15) is 16.7 Å². The van der Waals surface area contributed by atoms with Crippen LogP contribution in [0, 0.1) is 0 Å². The second kappa shape index (κ2) is 9.62. The van der Waals surface area contributed by atoms with Gasteiger partial charge in [0.2, 0.25) is 15.9 Å². The summed E-state index contributed by atoms with van der Waals surface area (Å²) in [7, 11) is -1.39. The van der Waals surface area contributed by atoms with Crippen LogP contribution in [0.15, 0.2) is 23.1 Å². The molecule has 11 nitrogen and oxygen atoms in total. The van der Waals surface area contributed by atoms with Crippen molar-refractivity contribution in [2.45, 2.75) is 17.4 Å². The lowest BCUT2D eigenvalue weighted by Gasteiger charge is -2.34. The molecule has 0 saturated carbocycles. The van der Waals surface area contributed by atoms with E-state index in [1.807, 2.05) is 0 Å². The zero-order valence-corrected chi connectivity index (χ0v) is 18.1. The van der Waals surface area contributed by atoms with E-state index in [0.717, 1.165) is 0 Å². The van der Waals surface area contributed by atoms with Crippen molar-refractivity contribution in [1.82, 2.24) is 14.5 Å². The number of carbonyl (C=O) groups excluding carboxylic acids is 3. The molecule has 1 N–H and O–H groups in total. The van der Waals surface area contributed by atoms with E-state index < -0.39 is 33.8 Å². The number of esters is 1. The van der Waals surface area contributed by atoms with Crippen LogP contribution in [-0.2, 0) is 29.1 Å². The molecule has 2 fully saturated rings. The summed E-state index contributed by atoms with van der Waals surface area (Å²) in [6.07, 6.45) is -0.302. The zero-order valence-electron chi connectivity index (χ0n) is 17.3. The van der Waals surface area contributed by atoms with Gasteiger partial charge in [-0.2, -0.15) is 4.31 Å². The Morgan fingerprint density at radius 3 is 2.55 bits per heavy atom. The Morgan fingerprint density at radius 2 is 1.90 bits per heavy atom. The summed E-state index contributed by atoms with van der Waals surface area (Å²) in [5.41, 5.74) is 0.0669. The zero-order chi connectivity index (χ0) is 22.6. The molecular weight excluding hydrogens is 430 g/mol. The van der Waals surface area contributed by atoms with Crippen LogP contribution < -0.4 is 10.1 Å². The number of piperazine rings is 1. The normalized spacial score (nSPS) is 20.1. The topological polar surface area (TPSA) is 132 Å². The third kappa shape index (κ3) is 4.81. The number of methoxy groups -OCH3 is 2. The minimum Gasteiger partial charge on any atom is -0.495 e. The van der Waals surface area contributed by atoms with Crippen LogP contribution in [0.1, 0.15) is 16.8 Å². The van der Waals surface area contributed by atoms with Gasteiger partial charge in [-0.05, 0) is 18.2 Å². The maximum absolute atomic E-state index is 13.2. The Bertz CT molecular complexity index is 959. The predicted octanol–water partition coefficient (Wildman–Crippen LogP) is -0.780. The summed E-state index contributed by atoms with van der Waals surface area (Å²) in [5, 5.41) is 2.62. The van der Waals surface area contributed by atoms with Gasteiger partial charge in [0.05, 0.1) is 33.9 Å². The van der Waals surface area contributed by atoms with Gasteiger partial charge in [-0.15, -0.1) is 0 Å². The summed E-state index contributed by atoms with van der Waals surface area (Å²) < 4.78 is 42.7. The monoisotopic (exact) mass is 455 g/mol. The molecule has 0 spiro atoms. The van der Waals surface area contributed by atoms with E-state index in [-0.39, 0.29) is 62.0 Å². The fourth-order valence-electron chi connectivity index (χ4n) is 3.51. The van der Waals surface area contributed by atoms with Crippen molar-refractivity contribution in [2.75, 3.05) is 53.6 Å². The molecule has 0 aliphatic carbocycles. The van der Waals surface area contributed by atoms with E-state index in [2.05, 4.69) is 10.1 Å². The number of carbonyl (C=O) groups is 3. The Kier molecular flexibility index (Phi) is 7.13. The van der Waals surface area contributed by atoms with Gasteiger partial charge in [-0.3, -0.25) is 14.4 Å². The lowest BCUT2D eigenvalue weighted by Crippen LogP contribution is -2.57. The molecule has 2 aliphatic heterocycles. The number of rotatable bonds is 6. The number of amides is 2. The SMILES string of the molecule is COC(=O)CC1C(=O)NCCN1C(=O)c1ccc(OC)c(S(=O)(=O)N2CCOCC2)c1. The highest BCUT2D eigenvalue weighted by Gasteiger charge is 2.36. The van der Waals surface area contributed by atoms with Crippen molar-refractivity contribution in [3.63, 3.8) is 0 Å². The fourth-order valence-corrected chi connectivity index (χ4v) is 5.09. The summed E-state index contributed by atoms with van der Waals surface area (Å²) in [4.78, 5) is 38.3. The molecule has 1 aromatic rings. The smallest absolute Gasteiger partial charge is 0.308 e. The average Bonchev–Trinajstić information content (AvgIpc) is 2.79. The Hall–Kier alpha value is -2.70. The number of benzene rings is 1. The minimum atomic E-state index is -3.93. The number of sulfonamides is 1. The first kappa shape index (κ1) is 23.0. The third-order valence-electron chi connectivity index (χ3n) is 5.18. The minimum absolute atomic E-state index is 0.0669. The third-order valence-corrected chi connectivity index (χ3v) is 7.10. The first-order valence-corrected chi connectivity index (χ1v) is 11.1. The van der Waals surface area contributed by atoms with Crippen LogP contribution in [0.3, 0.4) is 0 Å². The van der Waals surface area contributed by atoms with Crippen molar-refractivity contribution in [2.24, 2.45) is 0 Å². The lowest BCUT2D eigenvalue weighted by molar-refractivity contribution is -0.145. The molecule has 1 aromatic carbocycles. The van der Waals surface area contributed by atoms with Crippen LogP contribution in [-0.4, -0.2) is 95.1 Å². The van der Waals surface area contributed by atoms with E-state index >= 15 is 0 Å². The van der Waals surface area contributed by atoms with E-state index in [4.69, 9.17) is 9.47 Å². The highest BCUT2D eigenvalue weighted by atomic mass is 32.2.